The van der Waals surface area contributed by atoms with E-state index >= 15 is 0 Å². The zero-order valence-electron chi connectivity index (χ0n) is 13.7. The van der Waals surface area contributed by atoms with E-state index in [9.17, 15) is 13.2 Å². The lowest BCUT2D eigenvalue weighted by Crippen LogP contribution is -2.21. The zero-order valence-corrected chi connectivity index (χ0v) is 13.7. The molecule has 0 spiro atoms. The first kappa shape index (κ1) is 17.0. The monoisotopic (exact) mass is 351 g/mol. The fraction of sp³-hybridized carbons (Fsp3) is 0.312. The van der Waals surface area contributed by atoms with Crippen LogP contribution in [0, 0.1) is 0 Å². The average molecular weight is 351 g/mol. The molecule has 0 amide bonds. The van der Waals surface area contributed by atoms with Gasteiger partial charge in [0.2, 0.25) is 0 Å². The van der Waals surface area contributed by atoms with Crippen molar-refractivity contribution in [3.8, 4) is 5.75 Å². The quantitative estimate of drug-likeness (QED) is 0.706. The molecule has 9 heteroatoms. The second-order valence-electron chi connectivity index (χ2n) is 5.48. The summed E-state index contributed by atoms with van der Waals surface area (Å²) < 4.78 is 42.7. The Labute approximate surface area is 141 Å². The van der Waals surface area contributed by atoms with Crippen molar-refractivity contribution in [1.82, 2.24) is 19.6 Å². The predicted octanol–water partition coefficient (Wildman–Crippen LogP) is 3.22. The normalized spacial score (nSPS) is 11.7. The lowest BCUT2D eigenvalue weighted by molar-refractivity contribution is -0.274. The van der Waals surface area contributed by atoms with Crippen LogP contribution in [0.3, 0.4) is 0 Å². The van der Waals surface area contributed by atoms with Gasteiger partial charge in [0.05, 0.1) is 0 Å². The number of anilines is 1. The minimum atomic E-state index is -4.71. The van der Waals surface area contributed by atoms with Crippen molar-refractivity contribution >= 4 is 11.6 Å². The van der Waals surface area contributed by atoms with E-state index in [1.807, 2.05) is 24.9 Å². The van der Waals surface area contributed by atoms with Crippen LogP contribution in [0.4, 0.5) is 19.0 Å². The molecule has 0 aliphatic rings. The number of fused-ring (bicyclic) bond motifs is 1. The lowest BCUT2D eigenvalue weighted by atomic mass is 10.2. The number of hydrogen-bond acceptors (Lipinski definition) is 5. The Morgan fingerprint density at radius 1 is 1.24 bits per heavy atom. The fourth-order valence-electron chi connectivity index (χ4n) is 2.49. The van der Waals surface area contributed by atoms with E-state index < -0.39 is 6.36 Å². The van der Waals surface area contributed by atoms with Crippen molar-refractivity contribution in [2.45, 2.75) is 26.3 Å². The molecule has 0 N–H and O–H groups in total. The molecule has 0 fully saturated rings. The summed E-state index contributed by atoms with van der Waals surface area (Å²) in [6, 6.07) is 7.79. The maximum Gasteiger partial charge on any atom is 0.573 e. The minimum Gasteiger partial charge on any atom is -0.406 e. The number of alkyl halides is 3. The van der Waals surface area contributed by atoms with Crippen LogP contribution >= 0.6 is 0 Å². The van der Waals surface area contributed by atoms with Gasteiger partial charge in [-0.2, -0.15) is 14.6 Å². The molecule has 3 aromatic rings. The second-order valence-corrected chi connectivity index (χ2v) is 5.48. The Hall–Kier alpha value is -2.84. The van der Waals surface area contributed by atoms with Gasteiger partial charge in [0.15, 0.2) is 0 Å². The molecule has 1 aromatic carbocycles. The van der Waals surface area contributed by atoms with Gasteiger partial charge >= 0.3 is 6.36 Å². The number of aryl methyl sites for hydroxylation is 1. The van der Waals surface area contributed by atoms with Gasteiger partial charge in [-0.05, 0) is 24.1 Å². The molecule has 25 heavy (non-hydrogen) atoms. The van der Waals surface area contributed by atoms with Gasteiger partial charge in [-0.15, -0.1) is 13.2 Å². The Morgan fingerprint density at radius 2 is 2.04 bits per heavy atom. The topological polar surface area (TPSA) is 55.6 Å². The van der Waals surface area contributed by atoms with Crippen molar-refractivity contribution < 1.29 is 17.9 Å². The summed E-state index contributed by atoms with van der Waals surface area (Å²) in [4.78, 5) is 10.3. The summed E-state index contributed by atoms with van der Waals surface area (Å²) in [5, 5.41) is 4.15. The van der Waals surface area contributed by atoms with E-state index in [2.05, 4.69) is 19.8 Å². The molecule has 0 aliphatic heterocycles. The van der Waals surface area contributed by atoms with E-state index in [-0.39, 0.29) is 5.75 Å². The molecule has 2 heterocycles. The minimum absolute atomic E-state index is 0.242. The largest absolute Gasteiger partial charge is 0.573 e. The standard InChI is InChI=1S/C16H16F3N5O/c1-3-12-8-14(24-15(22-12)20-10-21-24)23(2)9-11-5-4-6-13(7-11)25-16(17,18)19/h4-8,10H,3,9H2,1-2H3. The molecule has 0 radical (unpaired) electrons. The molecule has 6 nitrogen and oxygen atoms in total. The molecule has 0 aliphatic carbocycles. The lowest BCUT2D eigenvalue weighted by Gasteiger charge is -2.21. The summed E-state index contributed by atoms with van der Waals surface area (Å²) in [6.07, 6.45) is -2.56. The molecule has 0 saturated carbocycles. The van der Waals surface area contributed by atoms with Gasteiger partial charge in [-0.25, -0.2) is 4.98 Å². The first-order valence-electron chi connectivity index (χ1n) is 7.61. The van der Waals surface area contributed by atoms with Crippen molar-refractivity contribution in [2.75, 3.05) is 11.9 Å². The van der Waals surface area contributed by atoms with E-state index in [4.69, 9.17) is 0 Å². The van der Waals surface area contributed by atoms with Gasteiger partial charge < -0.3 is 9.64 Å². The van der Waals surface area contributed by atoms with Crippen LogP contribution in [0.2, 0.25) is 0 Å². The van der Waals surface area contributed by atoms with Crippen LogP contribution in [0.15, 0.2) is 36.7 Å². The van der Waals surface area contributed by atoms with E-state index in [0.717, 1.165) is 17.9 Å². The summed E-state index contributed by atoms with van der Waals surface area (Å²) in [7, 11) is 1.83. The highest BCUT2D eigenvalue weighted by Gasteiger charge is 2.31. The number of ether oxygens (including phenoxy) is 1. The molecule has 132 valence electrons. The number of aromatic nitrogens is 4. The van der Waals surface area contributed by atoms with Gasteiger partial charge in [-0.1, -0.05) is 19.1 Å². The van der Waals surface area contributed by atoms with Crippen LogP contribution in [-0.2, 0) is 13.0 Å². The molecular formula is C16H16F3N5O. The van der Waals surface area contributed by atoms with Crippen molar-refractivity contribution in [2.24, 2.45) is 0 Å². The highest BCUT2D eigenvalue weighted by atomic mass is 19.4. The molecule has 3 rings (SSSR count). The maximum atomic E-state index is 12.4. The zero-order chi connectivity index (χ0) is 18.0. The second kappa shape index (κ2) is 6.58. The molecule has 0 unspecified atom stereocenters. The summed E-state index contributed by atoms with van der Waals surface area (Å²) in [5.41, 5.74) is 1.53. The van der Waals surface area contributed by atoms with Crippen molar-refractivity contribution in [1.29, 1.82) is 0 Å². The summed E-state index contributed by atoms with van der Waals surface area (Å²) >= 11 is 0. The summed E-state index contributed by atoms with van der Waals surface area (Å²) in [5.74, 6) is 0.991. The Kier molecular flexibility index (Phi) is 4.47. The van der Waals surface area contributed by atoms with E-state index in [0.29, 0.717) is 17.9 Å². The molecule has 0 bridgehead atoms. The van der Waals surface area contributed by atoms with Gasteiger partial charge in [0.25, 0.3) is 5.78 Å². The smallest absolute Gasteiger partial charge is 0.406 e. The SMILES string of the molecule is CCc1cc(N(C)Cc2cccc(OC(F)(F)F)c2)n2ncnc2n1. The predicted molar refractivity (Wildman–Crippen MR) is 85.4 cm³/mol. The number of hydrogen-bond donors (Lipinski definition) is 0. The fourth-order valence-corrected chi connectivity index (χ4v) is 2.49. The van der Waals surface area contributed by atoms with Gasteiger partial charge in [0, 0.05) is 25.4 Å². The third-order valence-electron chi connectivity index (χ3n) is 3.59. The first-order valence-corrected chi connectivity index (χ1v) is 7.61. The Balaban J connectivity index is 1.86. The summed E-state index contributed by atoms with van der Waals surface area (Å²) in [6.45, 7) is 2.36. The maximum absolute atomic E-state index is 12.4. The van der Waals surface area contributed by atoms with Crippen LogP contribution in [-0.4, -0.2) is 33.0 Å². The van der Waals surface area contributed by atoms with Gasteiger partial charge in [0.1, 0.15) is 17.9 Å². The van der Waals surface area contributed by atoms with Crippen LogP contribution in [0.1, 0.15) is 18.2 Å². The first-order chi connectivity index (χ1) is 11.9. The van der Waals surface area contributed by atoms with E-state index in [1.54, 1.807) is 10.6 Å². The Bertz CT molecular complexity index is 878. The van der Waals surface area contributed by atoms with Crippen LogP contribution in [0.25, 0.3) is 5.78 Å². The molecular weight excluding hydrogens is 335 g/mol. The highest BCUT2D eigenvalue weighted by molar-refractivity contribution is 5.47. The number of benzene rings is 1. The molecule has 0 saturated heterocycles. The number of rotatable bonds is 5. The average Bonchev–Trinajstić information content (AvgIpc) is 3.00. The molecule has 2 aromatic heterocycles. The molecule has 0 atom stereocenters. The van der Waals surface area contributed by atoms with Crippen LogP contribution < -0.4 is 9.64 Å². The van der Waals surface area contributed by atoms with Crippen LogP contribution in [0.5, 0.6) is 5.75 Å². The third-order valence-corrected chi connectivity index (χ3v) is 3.59. The van der Waals surface area contributed by atoms with Gasteiger partial charge in [-0.3, -0.25) is 0 Å². The number of nitrogens with zero attached hydrogens (tertiary/aromatic N) is 5. The number of halogens is 3. The Morgan fingerprint density at radius 3 is 2.76 bits per heavy atom. The third kappa shape index (κ3) is 3.98. The van der Waals surface area contributed by atoms with Crippen molar-refractivity contribution in [3.63, 3.8) is 0 Å². The highest BCUT2D eigenvalue weighted by Crippen LogP contribution is 2.24. The van der Waals surface area contributed by atoms with Crippen molar-refractivity contribution in [3.05, 3.63) is 47.9 Å². The van der Waals surface area contributed by atoms with E-state index in [1.165, 1.54) is 24.5 Å².